The van der Waals surface area contributed by atoms with E-state index in [1.807, 2.05) is 17.8 Å². The Morgan fingerprint density at radius 1 is 0.324 bits per heavy atom. The van der Waals surface area contributed by atoms with E-state index < -0.39 is 0 Å². The van der Waals surface area contributed by atoms with E-state index >= 15 is 0 Å². The van der Waals surface area contributed by atoms with Crippen molar-refractivity contribution < 1.29 is 62.0 Å². The summed E-state index contributed by atoms with van der Waals surface area (Å²) in [6, 6.07) is 37.5. The van der Waals surface area contributed by atoms with Crippen molar-refractivity contribution in [2.45, 2.75) is 422 Å². The van der Waals surface area contributed by atoms with Crippen LogP contribution in [-0.2, 0) is 116 Å². The van der Waals surface area contributed by atoms with Gasteiger partial charge in [-0.05, 0) is 183 Å². The van der Waals surface area contributed by atoms with Crippen molar-refractivity contribution in [2.75, 3.05) is 109 Å². The second-order valence-electron chi connectivity index (χ2n) is 41.6. The molecular formula is C107H176Cl8Mn4N22O2S2. The van der Waals surface area contributed by atoms with Gasteiger partial charge in [0.05, 0.1) is 58.8 Å². The molecule has 16 atom stereocenters. The van der Waals surface area contributed by atoms with Crippen LogP contribution in [0.4, 0.5) is 5.69 Å². The summed E-state index contributed by atoms with van der Waals surface area (Å²) in [5, 5.41) is 62.8. The molecule has 19 rings (SSSR count). The molecule has 822 valence electrons. The van der Waals surface area contributed by atoms with Gasteiger partial charge in [0, 0.05) is 248 Å². The third-order valence-corrected chi connectivity index (χ3v) is 34.3. The maximum atomic E-state index is 6.27. The first kappa shape index (κ1) is 123. The van der Waals surface area contributed by atoms with Gasteiger partial charge in [-0.3, -0.25) is 19.9 Å². The summed E-state index contributed by atoms with van der Waals surface area (Å²) in [4.78, 5) is 28.2. The van der Waals surface area contributed by atoms with Crippen LogP contribution in [0.1, 0.15) is 303 Å². The summed E-state index contributed by atoms with van der Waals surface area (Å²) in [6.45, 7) is 27.2. The normalized spacial score (nSPS) is 28.7. The Morgan fingerprint density at radius 3 is 0.910 bits per heavy atom. The first-order valence-electron chi connectivity index (χ1n) is 55.7. The third-order valence-electron chi connectivity index (χ3n) is 32.0. The minimum absolute atomic E-state index is 0.00694. The van der Waals surface area contributed by atoms with Gasteiger partial charge < -0.3 is 104 Å². The summed E-state index contributed by atoms with van der Waals surface area (Å²) in [7, 11) is 38.4. The maximum Gasteiger partial charge on any atom is 0.142 e. The molecule has 0 spiro atoms. The van der Waals surface area contributed by atoms with Gasteiger partial charge in [0.1, 0.15) is 12.4 Å². The quantitative estimate of drug-likeness (QED) is 0.0409. The molecule has 14 aliphatic rings. The van der Waals surface area contributed by atoms with Crippen LogP contribution in [-0.4, -0.2) is 231 Å². The van der Waals surface area contributed by atoms with Crippen molar-refractivity contribution in [2.24, 2.45) is 0 Å². The van der Waals surface area contributed by atoms with Crippen molar-refractivity contribution in [1.82, 2.24) is 110 Å². The molecule has 9 heterocycles. The predicted molar refractivity (Wildman–Crippen MR) is 596 cm³/mol. The molecule has 9 saturated carbocycles. The van der Waals surface area contributed by atoms with Crippen LogP contribution in [0.5, 0.6) is 5.75 Å². The Balaban J connectivity index is 0.000000166. The van der Waals surface area contributed by atoms with Crippen molar-refractivity contribution in [3.8, 4) is 5.75 Å². The van der Waals surface area contributed by atoms with Gasteiger partial charge in [-0.25, -0.2) is 0 Å². The predicted octanol–water partition coefficient (Wildman–Crippen LogP) is 19.1. The van der Waals surface area contributed by atoms with Gasteiger partial charge >= 0.3 is 133 Å². The maximum absolute atomic E-state index is 6.27. The van der Waals surface area contributed by atoms with Crippen molar-refractivity contribution in [1.29, 1.82) is 0 Å². The fourth-order valence-corrected chi connectivity index (χ4v) is 26.7. The number of pyridine rings is 4. The van der Waals surface area contributed by atoms with Crippen LogP contribution in [0, 0.1) is 0 Å². The van der Waals surface area contributed by atoms with E-state index in [2.05, 4.69) is 193 Å². The molecule has 0 amide bonds. The summed E-state index contributed by atoms with van der Waals surface area (Å²) >= 11 is 4.13. The van der Waals surface area contributed by atoms with E-state index in [0.717, 1.165) is 179 Å². The zero-order valence-corrected chi connectivity index (χ0v) is 98.9. The minimum Gasteiger partial charge on any atom is -0.487 e. The molecule has 1 aromatic carbocycles. The van der Waals surface area contributed by atoms with Gasteiger partial charge in [0.2, 0.25) is 0 Å². The van der Waals surface area contributed by atoms with Crippen LogP contribution in [0.3, 0.4) is 0 Å². The zero-order chi connectivity index (χ0) is 101. The second kappa shape index (κ2) is 74.2. The first-order valence-corrected chi connectivity index (χ1v) is 70.5. The molecule has 10 fully saturated rings. The number of ether oxygens (including phenoxy) is 2. The summed E-state index contributed by atoms with van der Waals surface area (Å²) in [5.41, 5.74) is 11.8. The molecule has 38 heteroatoms. The summed E-state index contributed by atoms with van der Waals surface area (Å²) < 4.78 is 11.9. The SMILES string of the molecule is CCN(CC)CCSc1cc2nc(c1)CN[C@@H]1CCCC[C@H]1NCCN[C@@H]1CCCC[C@H]1NC2.[Cl][Mn][Cl].[Cl][Mn][Cl].[Cl][Mn][Cl].[Cl][Mn][Cl].c1c(N2CCOCC2)cc2nc1CN[C@@H]1CCCC[C@H]1NCCN[C@@H]1CCCC[C@H]1NC2.c1c(SC2CCCCC2)cc2nc1CN[C@@H]1CCCC[C@H]1NCCN[C@@H]1CCCC[C@H]1NC2.c1ccc(COc2ccc3nc2CN[C@@H]2CCCC[C@H]2NCCN[C@@H]2CCCC[C@H]2NC3)cc1. The molecule has 5 aliphatic heterocycles. The van der Waals surface area contributed by atoms with Gasteiger partial charge in [-0.1, -0.05) is 166 Å². The molecule has 0 unspecified atom stereocenters. The first-order chi connectivity index (χ1) is 71.4. The molecule has 16 N–H and O–H groups in total. The summed E-state index contributed by atoms with van der Waals surface area (Å²) in [6.07, 6.45) is 48.6. The minimum atomic E-state index is 0.00694. The van der Waals surface area contributed by atoms with E-state index in [-0.39, 0.29) is 52.5 Å². The van der Waals surface area contributed by atoms with Crippen LogP contribution in [0.15, 0.2) is 88.7 Å². The number of hydrogen-bond donors (Lipinski definition) is 16. The molecular weight excluding hydrogens is 2190 g/mol. The number of morpholine rings is 1. The number of anilines is 1. The number of fused-ring (bicyclic) bond motifs is 16. The zero-order valence-electron chi connectivity index (χ0n) is 86.5. The number of benzene rings is 1. The number of thioether (sulfide) groups is 2. The van der Waals surface area contributed by atoms with Crippen molar-refractivity contribution in [3.63, 3.8) is 0 Å². The monoisotopic (exact) mass is 2360 g/mol. The van der Waals surface area contributed by atoms with Gasteiger partial charge in [0.25, 0.3) is 0 Å². The number of hydrogen-bond acceptors (Lipinski definition) is 26. The van der Waals surface area contributed by atoms with Crippen LogP contribution in [0.2, 0.25) is 0 Å². The standard InChI is InChI=1S/C28H41N5O.C27H48N6S.C27H45N5S.C25H42N6O.8ClH.4Mn/c1-2-8-21(9-3-1)20-34-28-15-14-22-18-31-25-12-6-4-10-23(25)29-16-17-30-24-11-5-7-13-26(24)32-19-27(28)33-22;1-3-33(4-2)15-16-34-23-17-21-19-30-26-11-7-5-9-24(26)28-13-14-29-25-10-6-8-12-27(25)31-20-22(18-23)32-21;1-2-8-22(9-3-1)33-23-16-20-18-30-26-12-6-4-10-24(26)28-14-15-29-25-11-5-7-13-27(25)31-19-21(17-23)32-20;1-3-7-24-22(5-1)26-9-10-27-23-6-2-4-8-25(23)29-18-20-16-21(15-19(30-20)17-28-24)31-11-13-32-14-12-31;;;;;;;;;;;;/h1-3,8-9,14-15,23-26,29-32H,4-7,10-13,16-20H2;17-18,24-31H,3-16,19-20H2,1-2H3;16-17,22,24-31H,1-15,18-19H2;15-16,22-29H,1-14,17-18H2;8*1H;;;;/q;;;;;;;;;;;;4*+2/p-8/t23-,24-,25-,26-;2*24-,25-,26-,27-;22-,23-,24-,25-;;;;;;;;;;;;/m1111............/s1. The second-order valence-corrected chi connectivity index (χ2v) is 52.0. The Kier molecular flexibility index (Phi) is 63.1. The smallest absolute Gasteiger partial charge is 0.142 e. The molecule has 24 nitrogen and oxygen atoms in total. The van der Waals surface area contributed by atoms with E-state index in [1.165, 1.54) is 293 Å². The van der Waals surface area contributed by atoms with E-state index in [9.17, 15) is 0 Å². The Morgan fingerprint density at radius 2 is 0.600 bits per heavy atom. The van der Waals surface area contributed by atoms with E-state index in [1.54, 1.807) is 0 Å². The van der Waals surface area contributed by atoms with Crippen LogP contribution >= 0.6 is 104 Å². The number of aromatic nitrogens is 4. The number of halogens is 8. The summed E-state index contributed by atoms with van der Waals surface area (Å²) in [5.74, 6) is 2.02. The fraction of sp³-hybridized carbons (Fsp3) is 0.757. The Hall–Kier alpha value is -0.202. The van der Waals surface area contributed by atoms with Gasteiger partial charge in [-0.2, -0.15) is 0 Å². The average molecular weight is 2370 g/mol. The van der Waals surface area contributed by atoms with Gasteiger partial charge in [-0.15, -0.1) is 23.5 Å². The molecule has 145 heavy (non-hydrogen) atoms. The van der Waals surface area contributed by atoms with Crippen LogP contribution in [0.25, 0.3) is 0 Å². The van der Waals surface area contributed by atoms with Gasteiger partial charge in [0.15, 0.2) is 0 Å². The molecule has 0 radical (unpaired) electrons. The van der Waals surface area contributed by atoms with E-state index in [4.69, 9.17) is 110 Å². The largest absolute Gasteiger partial charge is 0.487 e. The third kappa shape index (κ3) is 45.6. The Labute approximate surface area is 939 Å². The molecule has 1 saturated heterocycles. The fourth-order valence-electron chi connectivity index (χ4n) is 24.3. The average Bonchev–Trinajstić information content (AvgIpc) is 1.84. The molecule has 8 bridgehead atoms. The number of nitrogens with one attached hydrogen (secondary N) is 16. The van der Waals surface area contributed by atoms with Crippen molar-refractivity contribution >= 4 is 110 Å². The van der Waals surface area contributed by atoms with E-state index in [0.29, 0.717) is 103 Å². The molecule has 9 aliphatic carbocycles. The number of rotatable bonds is 12. The number of nitrogens with zero attached hydrogens (tertiary/aromatic N) is 6. The molecule has 4 aromatic heterocycles. The van der Waals surface area contributed by atoms with Crippen molar-refractivity contribution in [3.05, 3.63) is 130 Å². The van der Waals surface area contributed by atoms with Crippen LogP contribution < -0.4 is 94.7 Å². The Bertz CT molecular complexity index is 4100. The molecule has 5 aromatic rings. The topological polar surface area (TPSA) is 269 Å².